The van der Waals surface area contributed by atoms with Gasteiger partial charge in [0.25, 0.3) is 0 Å². The van der Waals surface area contributed by atoms with Crippen LogP contribution in [-0.2, 0) is 0 Å². The van der Waals surface area contributed by atoms with Crippen LogP contribution >= 0.6 is 0 Å². The molecule has 90 valence electrons. The van der Waals surface area contributed by atoms with Crippen LogP contribution in [0.3, 0.4) is 0 Å². The van der Waals surface area contributed by atoms with Gasteiger partial charge >= 0.3 is 6.03 Å². The van der Waals surface area contributed by atoms with E-state index in [0.29, 0.717) is 11.4 Å². The summed E-state index contributed by atoms with van der Waals surface area (Å²) in [5.74, 6) is -0.362. The predicted molar refractivity (Wildman–Crippen MR) is 66.4 cm³/mol. The average Bonchev–Trinajstić information content (AvgIpc) is 2.40. The Morgan fingerprint density at radius 1 is 1.00 bits per heavy atom. The summed E-state index contributed by atoms with van der Waals surface area (Å²) in [5, 5.41) is 9.73. The monoisotopic (exact) mass is 243 g/mol. The van der Waals surface area contributed by atoms with E-state index in [2.05, 4.69) is 15.5 Å². The number of rotatable bonds is 2. The van der Waals surface area contributed by atoms with Crippen molar-refractivity contribution in [1.29, 1.82) is 0 Å². The maximum Gasteiger partial charge on any atom is 0.364 e. The van der Waals surface area contributed by atoms with Crippen LogP contribution in [-0.4, -0.2) is 6.03 Å². The summed E-state index contributed by atoms with van der Waals surface area (Å²) in [6.45, 7) is 0. The Bertz CT molecular complexity index is 552. The Hall–Kier alpha value is -2.56. The van der Waals surface area contributed by atoms with Gasteiger partial charge in [0.2, 0.25) is 0 Å². The third-order valence-electron chi connectivity index (χ3n) is 2.11. The molecule has 0 bridgehead atoms. The van der Waals surface area contributed by atoms with Crippen LogP contribution in [0.4, 0.5) is 20.6 Å². The molecule has 4 nitrogen and oxygen atoms in total. The minimum atomic E-state index is -0.606. The molecule has 0 fully saturated rings. The van der Waals surface area contributed by atoms with Gasteiger partial charge < -0.3 is 5.32 Å². The molecule has 0 aromatic heterocycles. The fourth-order valence-corrected chi connectivity index (χ4v) is 1.28. The summed E-state index contributed by atoms with van der Waals surface area (Å²) in [6.07, 6.45) is 0. The van der Waals surface area contributed by atoms with Gasteiger partial charge in [0.05, 0.1) is 5.69 Å². The highest BCUT2D eigenvalue weighted by Gasteiger charge is 1.99. The van der Waals surface area contributed by atoms with Gasteiger partial charge in [-0.3, -0.25) is 0 Å². The fraction of sp³-hybridized carbons (Fsp3) is 0. The van der Waals surface area contributed by atoms with Gasteiger partial charge in [0.15, 0.2) is 0 Å². The molecule has 0 saturated heterocycles. The third-order valence-corrected chi connectivity index (χ3v) is 2.11. The summed E-state index contributed by atoms with van der Waals surface area (Å²) < 4.78 is 12.6. The second-order valence-corrected chi connectivity index (χ2v) is 3.47. The van der Waals surface area contributed by atoms with Gasteiger partial charge in [-0.1, -0.05) is 23.3 Å². The molecule has 0 aliphatic heterocycles. The van der Waals surface area contributed by atoms with E-state index in [4.69, 9.17) is 0 Å². The molecule has 0 radical (unpaired) electrons. The SMILES string of the molecule is O=C(N=Nc1ccccc1)Nc1ccc(F)cc1. The lowest BCUT2D eigenvalue weighted by molar-refractivity contribution is 0.258. The Morgan fingerprint density at radius 3 is 2.33 bits per heavy atom. The van der Waals surface area contributed by atoms with Crippen molar-refractivity contribution in [3.8, 4) is 0 Å². The first-order chi connectivity index (χ1) is 8.74. The number of carbonyl (C=O) groups excluding carboxylic acids is 1. The van der Waals surface area contributed by atoms with Gasteiger partial charge in [-0.15, -0.1) is 5.11 Å². The van der Waals surface area contributed by atoms with Crippen molar-refractivity contribution in [2.45, 2.75) is 0 Å². The van der Waals surface area contributed by atoms with E-state index in [-0.39, 0.29) is 5.82 Å². The maximum atomic E-state index is 12.6. The molecular formula is C13H10FN3O. The lowest BCUT2D eigenvalue weighted by atomic mass is 10.3. The zero-order chi connectivity index (χ0) is 12.8. The summed E-state index contributed by atoms with van der Waals surface area (Å²) in [7, 11) is 0. The quantitative estimate of drug-likeness (QED) is 0.791. The van der Waals surface area contributed by atoms with Crippen molar-refractivity contribution >= 4 is 17.4 Å². The van der Waals surface area contributed by atoms with Crippen molar-refractivity contribution < 1.29 is 9.18 Å². The van der Waals surface area contributed by atoms with Gasteiger partial charge in [0.1, 0.15) is 5.82 Å². The van der Waals surface area contributed by atoms with Crippen molar-refractivity contribution in [1.82, 2.24) is 0 Å². The number of nitrogens with one attached hydrogen (secondary N) is 1. The minimum Gasteiger partial charge on any atom is -0.305 e. The van der Waals surface area contributed by atoms with E-state index in [1.165, 1.54) is 24.3 Å². The minimum absolute atomic E-state index is 0.362. The number of amides is 2. The third kappa shape index (κ3) is 3.48. The molecule has 1 N–H and O–H groups in total. The lowest BCUT2D eigenvalue weighted by Crippen LogP contribution is -2.04. The van der Waals surface area contributed by atoms with Gasteiger partial charge in [-0.25, -0.2) is 9.18 Å². The fourth-order valence-electron chi connectivity index (χ4n) is 1.28. The summed E-state index contributed by atoms with van der Waals surface area (Å²) >= 11 is 0. The molecule has 0 aliphatic rings. The van der Waals surface area contributed by atoms with Crippen LogP contribution < -0.4 is 5.32 Å². The molecule has 0 aliphatic carbocycles. The maximum absolute atomic E-state index is 12.6. The van der Waals surface area contributed by atoms with Crippen LogP contribution in [0, 0.1) is 5.82 Å². The van der Waals surface area contributed by atoms with E-state index >= 15 is 0 Å². The Labute approximate surface area is 103 Å². The van der Waals surface area contributed by atoms with Crippen LogP contribution in [0.1, 0.15) is 0 Å². The topological polar surface area (TPSA) is 53.8 Å². The van der Waals surface area contributed by atoms with E-state index < -0.39 is 6.03 Å². The van der Waals surface area contributed by atoms with Crippen LogP contribution in [0.25, 0.3) is 0 Å². The molecule has 0 atom stereocenters. The molecule has 0 spiro atoms. The number of carbonyl (C=O) groups is 1. The van der Waals surface area contributed by atoms with E-state index in [9.17, 15) is 9.18 Å². The average molecular weight is 243 g/mol. The van der Waals surface area contributed by atoms with E-state index in [1.54, 1.807) is 24.3 Å². The highest BCUT2D eigenvalue weighted by Crippen LogP contribution is 2.12. The predicted octanol–water partition coefficient (Wildman–Crippen LogP) is 4.14. The smallest absolute Gasteiger partial charge is 0.305 e. The highest BCUT2D eigenvalue weighted by molar-refractivity contribution is 5.89. The molecule has 0 unspecified atom stereocenters. The standard InChI is InChI=1S/C13H10FN3O/c14-10-6-8-11(9-7-10)15-13(18)17-16-12-4-2-1-3-5-12/h1-9H,(H,15,18). The number of azo groups is 1. The zero-order valence-electron chi connectivity index (χ0n) is 9.38. The molecule has 18 heavy (non-hydrogen) atoms. The van der Waals surface area contributed by atoms with Gasteiger partial charge in [-0.2, -0.15) is 0 Å². The largest absolute Gasteiger partial charge is 0.364 e. The number of hydrogen-bond donors (Lipinski definition) is 1. The molecule has 0 saturated carbocycles. The van der Waals surface area contributed by atoms with Crippen molar-refractivity contribution in [2.24, 2.45) is 10.2 Å². The van der Waals surface area contributed by atoms with Crippen molar-refractivity contribution in [2.75, 3.05) is 5.32 Å². The number of benzene rings is 2. The summed E-state index contributed by atoms with van der Waals surface area (Å²) in [6, 6.07) is 13.7. The van der Waals surface area contributed by atoms with Gasteiger partial charge in [0, 0.05) is 5.69 Å². The first kappa shape index (κ1) is 11.9. The normalized spacial score (nSPS) is 10.5. The first-order valence-corrected chi connectivity index (χ1v) is 5.27. The lowest BCUT2D eigenvalue weighted by Gasteiger charge is -1.99. The van der Waals surface area contributed by atoms with E-state index in [0.717, 1.165) is 0 Å². The Morgan fingerprint density at radius 2 is 1.67 bits per heavy atom. The number of hydrogen-bond acceptors (Lipinski definition) is 2. The second-order valence-electron chi connectivity index (χ2n) is 3.47. The van der Waals surface area contributed by atoms with Crippen LogP contribution in [0.2, 0.25) is 0 Å². The second kappa shape index (κ2) is 5.67. The zero-order valence-corrected chi connectivity index (χ0v) is 9.38. The molecule has 2 aromatic rings. The number of urea groups is 1. The van der Waals surface area contributed by atoms with Crippen molar-refractivity contribution in [3.63, 3.8) is 0 Å². The molecule has 2 amide bonds. The molecule has 2 aromatic carbocycles. The van der Waals surface area contributed by atoms with Gasteiger partial charge in [-0.05, 0) is 36.4 Å². The Balaban J connectivity index is 1.97. The number of nitrogens with zero attached hydrogens (tertiary/aromatic N) is 2. The number of halogens is 1. The summed E-state index contributed by atoms with van der Waals surface area (Å²) in [4.78, 5) is 11.4. The van der Waals surface area contributed by atoms with Crippen LogP contribution in [0.15, 0.2) is 64.8 Å². The molecule has 5 heteroatoms. The Kier molecular flexibility index (Phi) is 3.76. The van der Waals surface area contributed by atoms with Crippen LogP contribution in [0.5, 0.6) is 0 Å². The summed E-state index contributed by atoms with van der Waals surface area (Å²) in [5.41, 5.74) is 1.06. The van der Waals surface area contributed by atoms with E-state index in [1.807, 2.05) is 6.07 Å². The molecule has 2 rings (SSSR count). The highest BCUT2D eigenvalue weighted by atomic mass is 19.1. The number of anilines is 1. The molecule has 0 heterocycles. The molecular weight excluding hydrogens is 233 g/mol. The first-order valence-electron chi connectivity index (χ1n) is 5.27. The van der Waals surface area contributed by atoms with Crippen molar-refractivity contribution in [3.05, 3.63) is 60.4 Å².